The summed E-state index contributed by atoms with van der Waals surface area (Å²) < 4.78 is 4.69. The van der Waals surface area contributed by atoms with E-state index in [1.165, 1.54) is 19.2 Å². The summed E-state index contributed by atoms with van der Waals surface area (Å²) in [6, 6.07) is 6.14. The average molecular weight is 397 g/mol. The Hall–Kier alpha value is -2.52. The van der Waals surface area contributed by atoms with E-state index in [1.54, 1.807) is 19.1 Å². The Bertz CT molecular complexity index is 870. The van der Waals surface area contributed by atoms with Crippen molar-refractivity contribution in [3.05, 3.63) is 45.2 Å². The van der Waals surface area contributed by atoms with Gasteiger partial charge >= 0.3 is 5.97 Å². The lowest BCUT2D eigenvalue weighted by Crippen LogP contribution is -2.24. The van der Waals surface area contributed by atoms with Crippen LogP contribution in [0.5, 0.6) is 0 Å². The fourth-order valence-corrected chi connectivity index (χ4v) is 3.05. The summed E-state index contributed by atoms with van der Waals surface area (Å²) in [5, 5.41) is 2.54. The number of hydrogen-bond donors (Lipinski definition) is 3. The number of rotatable bonds is 6. The summed E-state index contributed by atoms with van der Waals surface area (Å²) >= 11 is 6.81. The lowest BCUT2D eigenvalue weighted by molar-refractivity contribution is -0.140. The first-order valence-corrected chi connectivity index (χ1v) is 8.82. The zero-order valence-electron chi connectivity index (χ0n) is 14.0. The zero-order valence-corrected chi connectivity index (χ0v) is 15.6. The van der Waals surface area contributed by atoms with Crippen molar-refractivity contribution in [2.45, 2.75) is 23.8 Å². The average Bonchev–Trinajstić information content (AvgIpc) is 2.62. The van der Waals surface area contributed by atoms with Crippen molar-refractivity contribution in [1.82, 2.24) is 9.97 Å². The highest BCUT2D eigenvalue weighted by molar-refractivity contribution is 8.00. The lowest BCUT2D eigenvalue weighted by atomic mass is 10.2. The van der Waals surface area contributed by atoms with Gasteiger partial charge in [-0.3, -0.25) is 19.4 Å². The van der Waals surface area contributed by atoms with Crippen LogP contribution < -0.4 is 16.6 Å². The number of nitrogen functional groups attached to an aromatic ring is 1. The number of esters is 1. The molecule has 0 unspecified atom stereocenters. The van der Waals surface area contributed by atoms with Crippen molar-refractivity contribution >= 4 is 46.7 Å². The van der Waals surface area contributed by atoms with Crippen molar-refractivity contribution in [2.75, 3.05) is 18.2 Å². The highest BCUT2D eigenvalue weighted by atomic mass is 35.5. The molecule has 8 nitrogen and oxygen atoms in total. The Kier molecular flexibility index (Phi) is 6.64. The molecular formula is C16H17ClN4O4S. The molecule has 0 aliphatic carbocycles. The Morgan fingerprint density at radius 1 is 1.38 bits per heavy atom. The molecule has 1 amide bonds. The van der Waals surface area contributed by atoms with E-state index in [9.17, 15) is 14.4 Å². The monoisotopic (exact) mass is 396 g/mol. The van der Waals surface area contributed by atoms with Crippen LogP contribution in [0.15, 0.2) is 34.2 Å². The second kappa shape index (κ2) is 8.72. The number of amides is 1. The maximum absolute atomic E-state index is 12.3. The molecule has 0 radical (unpaired) electrons. The third-order valence-corrected chi connectivity index (χ3v) is 4.84. The number of carbonyl (C=O) groups is 2. The summed E-state index contributed by atoms with van der Waals surface area (Å²) in [5.74, 6) is -1.11. The molecule has 1 aromatic carbocycles. The third kappa shape index (κ3) is 4.77. The molecule has 1 atom stereocenters. The quantitative estimate of drug-likeness (QED) is 0.388. The van der Waals surface area contributed by atoms with E-state index in [0.717, 1.165) is 11.8 Å². The number of nitrogens with zero attached hydrogens (tertiary/aromatic N) is 1. The first kappa shape index (κ1) is 19.8. The van der Waals surface area contributed by atoms with Crippen LogP contribution in [0.25, 0.3) is 0 Å². The van der Waals surface area contributed by atoms with Gasteiger partial charge in [-0.25, -0.2) is 4.98 Å². The molecule has 0 saturated carbocycles. The number of thioether (sulfide) groups is 1. The standard InChI is InChI=1S/C16H17ClN4O4S/c1-3-10(15(24)25-2)26-16-20-12(18)11(14(23)21-16)19-13(22)8-4-6-9(17)7-5-8/h4-7,10H,3H2,1-2H3,(H,19,22)(H3,18,20,21,23)/t10-/m0/s1. The van der Waals surface area contributed by atoms with Crippen molar-refractivity contribution < 1.29 is 14.3 Å². The molecule has 1 aromatic heterocycles. The Morgan fingerprint density at radius 3 is 2.58 bits per heavy atom. The second-order valence-electron chi connectivity index (χ2n) is 5.13. The normalized spacial score (nSPS) is 11.7. The first-order valence-electron chi connectivity index (χ1n) is 7.56. The Labute approximate surface area is 158 Å². The topological polar surface area (TPSA) is 127 Å². The summed E-state index contributed by atoms with van der Waals surface area (Å²) in [6.07, 6.45) is 0.482. The van der Waals surface area contributed by atoms with Gasteiger partial charge in [0.15, 0.2) is 11.0 Å². The molecule has 10 heteroatoms. The summed E-state index contributed by atoms with van der Waals surface area (Å²) in [4.78, 5) is 42.7. The Balaban J connectivity index is 2.21. The SMILES string of the molecule is CC[C@H](Sc1nc(N)c(NC(=O)c2ccc(Cl)cc2)c(=O)[nH]1)C(=O)OC. The van der Waals surface area contributed by atoms with Gasteiger partial charge in [0, 0.05) is 10.6 Å². The number of aromatic nitrogens is 2. The fraction of sp³-hybridized carbons (Fsp3) is 0.250. The van der Waals surface area contributed by atoms with Crippen molar-refractivity contribution in [3.8, 4) is 0 Å². The number of H-pyrrole nitrogens is 1. The molecule has 0 spiro atoms. The van der Waals surface area contributed by atoms with Gasteiger partial charge in [0.25, 0.3) is 11.5 Å². The van der Waals surface area contributed by atoms with Gasteiger partial charge in [0.1, 0.15) is 10.9 Å². The van der Waals surface area contributed by atoms with Gasteiger partial charge in [0.05, 0.1) is 7.11 Å². The maximum atomic E-state index is 12.3. The number of benzene rings is 1. The number of hydrogen-bond acceptors (Lipinski definition) is 7. The van der Waals surface area contributed by atoms with Gasteiger partial charge in [-0.05, 0) is 30.7 Å². The van der Waals surface area contributed by atoms with E-state index in [2.05, 4.69) is 15.3 Å². The summed E-state index contributed by atoms with van der Waals surface area (Å²) in [6.45, 7) is 1.80. The van der Waals surface area contributed by atoms with E-state index in [0.29, 0.717) is 17.0 Å². The molecule has 138 valence electrons. The molecule has 26 heavy (non-hydrogen) atoms. The lowest BCUT2D eigenvalue weighted by Gasteiger charge is -2.12. The highest BCUT2D eigenvalue weighted by Gasteiger charge is 2.21. The van der Waals surface area contributed by atoms with Crippen LogP contribution in [0.3, 0.4) is 0 Å². The summed E-state index contributed by atoms with van der Waals surface area (Å²) in [7, 11) is 1.28. The van der Waals surface area contributed by atoms with Crippen LogP contribution in [0.4, 0.5) is 11.5 Å². The fourth-order valence-electron chi connectivity index (χ4n) is 2.00. The van der Waals surface area contributed by atoms with E-state index >= 15 is 0 Å². The molecule has 0 saturated heterocycles. The third-order valence-electron chi connectivity index (χ3n) is 3.36. The van der Waals surface area contributed by atoms with E-state index in [1.807, 2.05) is 0 Å². The first-order chi connectivity index (χ1) is 12.3. The second-order valence-corrected chi connectivity index (χ2v) is 6.76. The largest absolute Gasteiger partial charge is 0.468 e. The van der Waals surface area contributed by atoms with Gasteiger partial charge in [-0.1, -0.05) is 30.3 Å². The zero-order chi connectivity index (χ0) is 19.3. The molecule has 1 heterocycles. The van der Waals surface area contributed by atoms with Crippen LogP contribution in [-0.2, 0) is 9.53 Å². The van der Waals surface area contributed by atoms with Crippen LogP contribution in [0.2, 0.25) is 5.02 Å². The number of nitrogens with one attached hydrogen (secondary N) is 2. The van der Waals surface area contributed by atoms with Crippen molar-refractivity contribution in [1.29, 1.82) is 0 Å². The number of halogens is 1. The maximum Gasteiger partial charge on any atom is 0.319 e. The minimum Gasteiger partial charge on any atom is -0.468 e. The molecule has 0 fully saturated rings. The van der Waals surface area contributed by atoms with E-state index < -0.39 is 22.7 Å². The molecule has 0 aliphatic rings. The molecular weight excluding hydrogens is 380 g/mol. The number of anilines is 2. The van der Waals surface area contributed by atoms with Crippen LogP contribution in [-0.4, -0.2) is 34.2 Å². The molecule has 0 bridgehead atoms. The van der Waals surface area contributed by atoms with E-state index in [-0.39, 0.29) is 16.7 Å². The van der Waals surface area contributed by atoms with Crippen molar-refractivity contribution in [2.24, 2.45) is 0 Å². The van der Waals surface area contributed by atoms with Gasteiger partial charge in [-0.2, -0.15) is 0 Å². The van der Waals surface area contributed by atoms with Gasteiger partial charge < -0.3 is 15.8 Å². The van der Waals surface area contributed by atoms with Crippen LogP contribution in [0, 0.1) is 0 Å². The smallest absolute Gasteiger partial charge is 0.319 e. The number of nitrogens with two attached hydrogens (primary N) is 1. The number of methoxy groups -OCH3 is 1. The molecule has 2 aromatic rings. The minimum absolute atomic E-state index is 0.154. The molecule has 0 aliphatic heterocycles. The molecule has 4 N–H and O–H groups in total. The number of aromatic amines is 1. The minimum atomic E-state index is -0.623. The molecule has 2 rings (SSSR count). The predicted octanol–water partition coefficient (Wildman–Crippen LogP) is 2.30. The Morgan fingerprint density at radius 2 is 2.04 bits per heavy atom. The summed E-state index contributed by atoms with van der Waals surface area (Å²) in [5.41, 5.74) is 5.32. The van der Waals surface area contributed by atoms with Crippen molar-refractivity contribution in [3.63, 3.8) is 0 Å². The van der Waals surface area contributed by atoms with Crippen LogP contribution >= 0.6 is 23.4 Å². The highest BCUT2D eigenvalue weighted by Crippen LogP contribution is 2.24. The van der Waals surface area contributed by atoms with E-state index in [4.69, 9.17) is 22.1 Å². The number of ether oxygens (including phenoxy) is 1. The van der Waals surface area contributed by atoms with Gasteiger partial charge in [0.2, 0.25) is 0 Å². The predicted molar refractivity (Wildman–Crippen MR) is 101 cm³/mol. The number of carbonyl (C=O) groups excluding carboxylic acids is 2. The van der Waals surface area contributed by atoms with Crippen LogP contribution in [0.1, 0.15) is 23.7 Å². The van der Waals surface area contributed by atoms with Gasteiger partial charge in [-0.15, -0.1) is 0 Å².